The smallest absolute Gasteiger partial charge is 0.100 e. The van der Waals surface area contributed by atoms with Crippen molar-refractivity contribution in [2.45, 2.75) is 19.3 Å². The van der Waals surface area contributed by atoms with Gasteiger partial charge in [0.15, 0.2) is 0 Å². The number of nitrogens with zero attached hydrogens (tertiary/aromatic N) is 1. The van der Waals surface area contributed by atoms with Crippen molar-refractivity contribution in [3.05, 3.63) is 35.9 Å². The zero-order chi connectivity index (χ0) is 10.8. The molecule has 1 aliphatic heterocycles. The highest BCUT2D eigenvalue weighted by molar-refractivity contribution is 5.86. The van der Waals surface area contributed by atoms with Crippen molar-refractivity contribution >= 4 is 5.84 Å². The van der Waals surface area contributed by atoms with Gasteiger partial charge in [0.2, 0.25) is 0 Å². The highest BCUT2D eigenvalue weighted by Gasteiger charge is 2.35. The molecule has 2 nitrogen and oxygen atoms in total. The zero-order valence-electron chi connectivity index (χ0n) is 9.52. The molecule has 1 N–H and O–H groups in total. The van der Waals surface area contributed by atoms with Gasteiger partial charge in [0.05, 0.1) is 6.54 Å². The number of rotatable bonds is 4. The van der Waals surface area contributed by atoms with E-state index in [1.807, 2.05) is 0 Å². The highest BCUT2D eigenvalue weighted by Crippen LogP contribution is 2.39. The van der Waals surface area contributed by atoms with Gasteiger partial charge in [-0.1, -0.05) is 30.3 Å². The van der Waals surface area contributed by atoms with Crippen LogP contribution >= 0.6 is 0 Å². The van der Waals surface area contributed by atoms with Gasteiger partial charge in [-0.15, -0.1) is 0 Å². The van der Waals surface area contributed by atoms with Crippen molar-refractivity contribution in [1.29, 1.82) is 0 Å². The Hall–Kier alpha value is -1.31. The summed E-state index contributed by atoms with van der Waals surface area (Å²) in [5, 5.41) is 3.45. The van der Waals surface area contributed by atoms with Gasteiger partial charge in [-0.05, 0) is 30.7 Å². The normalized spacial score (nSPS) is 21.4. The molecule has 0 spiro atoms. The van der Waals surface area contributed by atoms with Crippen LogP contribution in [0.25, 0.3) is 0 Å². The van der Waals surface area contributed by atoms with Crippen LogP contribution in [0.5, 0.6) is 0 Å². The number of benzene rings is 1. The van der Waals surface area contributed by atoms with Crippen molar-refractivity contribution in [3.8, 4) is 0 Å². The number of hydrogen-bond donors (Lipinski definition) is 1. The molecule has 3 rings (SSSR count). The standard InChI is InChI=1S/C14H18N2/c1-2-4-11(5-3-1)10-13(12-6-7-12)14-15-8-9-16-14/h1-5,12-13H,6-10H2,(H,15,16)/t13-/m1/s1. The molecule has 1 heterocycles. The van der Waals surface area contributed by atoms with Crippen molar-refractivity contribution in [3.63, 3.8) is 0 Å². The van der Waals surface area contributed by atoms with E-state index < -0.39 is 0 Å². The van der Waals surface area contributed by atoms with E-state index in [0.717, 1.165) is 25.4 Å². The molecule has 1 aromatic rings. The number of amidine groups is 1. The molecule has 0 bridgehead atoms. The van der Waals surface area contributed by atoms with Crippen molar-refractivity contribution < 1.29 is 0 Å². The third-order valence-electron chi connectivity index (χ3n) is 3.54. The van der Waals surface area contributed by atoms with Crippen molar-refractivity contribution in [2.75, 3.05) is 13.1 Å². The molecular formula is C14H18N2. The topological polar surface area (TPSA) is 24.4 Å². The van der Waals surface area contributed by atoms with Crippen LogP contribution in [0.15, 0.2) is 35.3 Å². The fourth-order valence-electron chi connectivity index (χ4n) is 2.52. The molecule has 1 aliphatic carbocycles. The lowest BCUT2D eigenvalue weighted by Crippen LogP contribution is -2.29. The van der Waals surface area contributed by atoms with Gasteiger partial charge in [0, 0.05) is 12.5 Å². The molecule has 84 valence electrons. The van der Waals surface area contributed by atoms with Gasteiger partial charge in [-0.2, -0.15) is 0 Å². The Morgan fingerprint density at radius 3 is 2.69 bits per heavy atom. The lowest BCUT2D eigenvalue weighted by molar-refractivity contribution is 0.589. The molecule has 0 radical (unpaired) electrons. The van der Waals surface area contributed by atoms with Crippen LogP contribution in [-0.4, -0.2) is 18.9 Å². The van der Waals surface area contributed by atoms with Crippen molar-refractivity contribution in [1.82, 2.24) is 5.32 Å². The van der Waals surface area contributed by atoms with Gasteiger partial charge in [0.25, 0.3) is 0 Å². The van der Waals surface area contributed by atoms with E-state index in [1.165, 1.54) is 24.2 Å². The van der Waals surface area contributed by atoms with Gasteiger partial charge in [-0.25, -0.2) is 0 Å². The molecule has 1 saturated carbocycles. The minimum Gasteiger partial charge on any atom is -0.372 e. The first-order valence-electron chi connectivity index (χ1n) is 6.25. The Kier molecular flexibility index (Phi) is 2.65. The van der Waals surface area contributed by atoms with E-state index in [2.05, 4.69) is 40.6 Å². The summed E-state index contributed by atoms with van der Waals surface area (Å²) in [5.41, 5.74) is 1.44. The first-order valence-corrected chi connectivity index (χ1v) is 6.25. The summed E-state index contributed by atoms with van der Waals surface area (Å²) in [6.07, 6.45) is 3.92. The van der Waals surface area contributed by atoms with E-state index in [9.17, 15) is 0 Å². The molecule has 2 heteroatoms. The fraction of sp³-hybridized carbons (Fsp3) is 0.500. The summed E-state index contributed by atoms with van der Waals surface area (Å²) in [6, 6.07) is 10.8. The Balaban J connectivity index is 1.74. The van der Waals surface area contributed by atoms with Crippen LogP contribution < -0.4 is 5.32 Å². The lowest BCUT2D eigenvalue weighted by Gasteiger charge is -2.16. The average molecular weight is 214 g/mol. The van der Waals surface area contributed by atoms with Gasteiger partial charge >= 0.3 is 0 Å². The second-order valence-electron chi connectivity index (χ2n) is 4.83. The van der Waals surface area contributed by atoms with E-state index in [4.69, 9.17) is 0 Å². The second kappa shape index (κ2) is 4.28. The molecule has 1 atom stereocenters. The maximum absolute atomic E-state index is 4.60. The third kappa shape index (κ3) is 2.11. The van der Waals surface area contributed by atoms with Crippen LogP contribution in [0, 0.1) is 11.8 Å². The zero-order valence-corrected chi connectivity index (χ0v) is 9.52. The van der Waals surface area contributed by atoms with Gasteiger partial charge < -0.3 is 5.32 Å². The summed E-state index contributed by atoms with van der Waals surface area (Å²) in [7, 11) is 0. The maximum atomic E-state index is 4.60. The molecular weight excluding hydrogens is 196 g/mol. The van der Waals surface area contributed by atoms with E-state index in [1.54, 1.807) is 0 Å². The molecule has 0 saturated heterocycles. The molecule has 1 aromatic carbocycles. The van der Waals surface area contributed by atoms with Crippen LogP contribution in [0.4, 0.5) is 0 Å². The molecule has 0 unspecified atom stereocenters. The summed E-state index contributed by atoms with van der Waals surface area (Å²) < 4.78 is 0. The van der Waals surface area contributed by atoms with Crippen molar-refractivity contribution in [2.24, 2.45) is 16.8 Å². The molecule has 0 aromatic heterocycles. The number of hydrogen-bond acceptors (Lipinski definition) is 2. The number of nitrogens with one attached hydrogen (secondary N) is 1. The molecule has 2 aliphatic rings. The van der Waals surface area contributed by atoms with Crippen LogP contribution in [0.2, 0.25) is 0 Å². The summed E-state index contributed by atoms with van der Waals surface area (Å²) in [6.45, 7) is 2.00. The van der Waals surface area contributed by atoms with Gasteiger partial charge in [0.1, 0.15) is 5.84 Å². The first kappa shape index (κ1) is 9.88. The monoisotopic (exact) mass is 214 g/mol. The predicted molar refractivity (Wildman–Crippen MR) is 66.7 cm³/mol. The van der Waals surface area contributed by atoms with E-state index >= 15 is 0 Å². The Morgan fingerprint density at radius 1 is 1.25 bits per heavy atom. The summed E-state index contributed by atoms with van der Waals surface area (Å²) >= 11 is 0. The lowest BCUT2D eigenvalue weighted by atomic mass is 9.93. The highest BCUT2D eigenvalue weighted by atomic mass is 15.1. The maximum Gasteiger partial charge on any atom is 0.100 e. The SMILES string of the molecule is c1ccc(C[C@@H](C2=NCCN2)C2CC2)cc1. The van der Waals surface area contributed by atoms with Crippen LogP contribution in [-0.2, 0) is 6.42 Å². The minimum atomic E-state index is 0.643. The Labute approximate surface area is 96.8 Å². The van der Waals surface area contributed by atoms with Crippen LogP contribution in [0.1, 0.15) is 18.4 Å². The third-order valence-corrected chi connectivity index (χ3v) is 3.54. The quantitative estimate of drug-likeness (QED) is 0.817. The minimum absolute atomic E-state index is 0.643. The number of aliphatic imine (C=N–C) groups is 1. The average Bonchev–Trinajstić information content (AvgIpc) is 3.02. The predicted octanol–water partition coefficient (Wildman–Crippen LogP) is 2.26. The molecule has 1 fully saturated rings. The van der Waals surface area contributed by atoms with Crippen LogP contribution in [0.3, 0.4) is 0 Å². The van der Waals surface area contributed by atoms with Gasteiger partial charge in [-0.3, -0.25) is 4.99 Å². The fourth-order valence-corrected chi connectivity index (χ4v) is 2.52. The Morgan fingerprint density at radius 2 is 2.06 bits per heavy atom. The second-order valence-corrected chi connectivity index (χ2v) is 4.83. The first-order chi connectivity index (χ1) is 7.93. The van der Waals surface area contributed by atoms with E-state index in [0.29, 0.717) is 5.92 Å². The summed E-state index contributed by atoms with van der Waals surface area (Å²) in [5.74, 6) is 2.79. The summed E-state index contributed by atoms with van der Waals surface area (Å²) in [4.78, 5) is 4.60. The molecule has 0 amide bonds. The largest absolute Gasteiger partial charge is 0.372 e. The van der Waals surface area contributed by atoms with E-state index in [-0.39, 0.29) is 0 Å². The molecule has 16 heavy (non-hydrogen) atoms. The Bertz CT molecular complexity index is 379.